The number of fused-ring (bicyclic) bond motifs is 1. The van der Waals surface area contributed by atoms with Crippen LogP contribution in [0.4, 0.5) is 13.2 Å². The lowest BCUT2D eigenvalue weighted by Crippen LogP contribution is -2.04. The first-order chi connectivity index (χ1) is 6.48. The van der Waals surface area contributed by atoms with Gasteiger partial charge in [0.15, 0.2) is 0 Å². The van der Waals surface area contributed by atoms with Crippen LogP contribution in [-0.2, 0) is 6.18 Å². The largest absolute Gasteiger partial charge is 0.416 e. The molecule has 0 saturated heterocycles. The molecule has 0 saturated carbocycles. The SMILES string of the molecule is FC(F)(F)c1cc(Cl)c2[nH]ncc2c1. The first-order valence-electron chi connectivity index (χ1n) is 3.68. The number of halogens is 4. The van der Waals surface area contributed by atoms with E-state index in [0.717, 1.165) is 12.1 Å². The lowest BCUT2D eigenvalue weighted by Gasteiger charge is -2.06. The van der Waals surface area contributed by atoms with E-state index in [1.54, 1.807) is 0 Å². The van der Waals surface area contributed by atoms with E-state index in [1.807, 2.05) is 0 Å². The normalized spacial score (nSPS) is 12.3. The van der Waals surface area contributed by atoms with Crippen LogP contribution in [0.5, 0.6) is 0 Å². The number of benzene rings is 1. The fourth-order valence-corrected chi connectivity index (χ4v) is 1.45. The minimum atomic E-state index is -4.38. The van der Waals surface area contributed by atoms with Gasteiger partial charge in [0.1, 0.15) is 0 Å². The molecule has 0 aliphatic rings. The van der Waals surface area contributed by atoms with Crippen molar-refractivity contribution in [1.82, 2.24) is 10.2 Å². The Morgan fingerprint density at radius 1 is 1.29 bits per heavy atom. The molecule has 0 aliphatic carbocycles. The van der Waals surface area contributed by atoms with E-state index >= 15 is 0 Å². The Balaban J connectivity index is 2.70. The molecule has 0 aliphatic heterocycles. The maximum atomic E-state index is 12.3. The molecule has 0 atom stereocenters. The van der Waals surface area contributed by atoms with Gasteiger partial charge in [-0.25, -0.2) is 0 Å². The smallest absolute Gasteiger partial charge is 0.276 e. The van der Waals surface area contributed by atoms with Crippen LogP contribution >= 0.6 is 11.6 Å². The topological polar surface area (TPSA) is 28.7 Å². The monoisotopic (exact) mass is 220 g/mol. The quantitative estimate of drug-likeness (QED) is 0.726. The van der Waals surface area contributed by atoms with Crippen LogP contribution in [-0.4, -0.2) is 10.2 Å². The summed E-state index contributed by atoms with van der Waals surface area (Å²) in [6, 6.07) is 1.88. The van der Waals surface area contributed by atoms with E-state index in [4.69, 9.17) is 11.6 Å². The van der Waals surface area contributed by atoms with Crippen LogP contribution in [0.15, 0.2) is 18.3 Å². The van der Waals surface area contributed by atoms with Crippen LogP contribution in [0.2, 0.25) is 5.02 Å². The van der Waals surface area contributed by atoms with Gasteiger partial charge in [-0.05, 0) is 12.1 Å². The standard InChI is InChI=1S/C8H4ClF3N2/c9-6-2-5(8(10,11)12)1-4-3-13-14-7(4)6/h1-3H,(H,13,14). The zero-order valence-electron chi connectivity index (χ0n) is 6.69. The Morgan fingerprint density at radius 2 is 2.00 bits per heavy atom. The van der Waals surface area contributed by atoms with E-state index in [9.17, 15) is 13.2 Å². The minimum Gasteiger partial charge on any atom is -0.276 e. The molecule has 1 heterocycles. The first kappa shape index (κ1) is 9.33. The molecule has 1 aromatic carbocycles. The Kier molecular flexibility index (Phi) is 1.92. The molecule has 0 bridgehead atoms. The Hall–Kier alpha value is -1.23. The molecule has 2 aromatic rings. The van der Waals surface area contributed by atoms with Crippen molar-refractivity contribution in [2.75, 3.05) is 0 Å². The Morgan fingerprint density at radius 3 is 2.64 bits per heavy atom. The number of hydrogen-bond donors (Lipinski definition) is 1. The summed E-state index contributed by atoms with van der Waals surface area (Å²) in [5.74, 6) is 0. The molecule has 0 amide bonds. The van der Waals surface area contributed by atoms with Crippen LogP contribution in [0.3, 0.4) is 0 Å². The van der Waals surface area contributed by atoms with Crippen molar-refractivity contribution in [2.45, 2.75) is 6.18 Å². The predicted molar refractivity (Wildman–Crippen MR) is 46.1 cm³/mol. The second-order valence-corrected chi connectivity index (χ2v) is 3.20. The zero-order chi connectivity index (χ0) is 10.3. The van der Waals surface area contributed by atoms with Crippen molar-refractivity contribution in [3.8, 4) is 0 Å². The maximum absolute atomic E-state index is 12.3. The summed E-state index contributed by atoms with van der Waals surface area (Å²) in [7, 11) is 0. The number of nitrogens with zero attached hydrogens (tertiary/aromatic N) is 1. The lowest BCUT2D eigenvalue weighted by atomic mass is 10.1. The van der Waals surface area contributed by atoms with Gasteiger partial charge >= 0.3 is 6.18 Å². The summed E-state index contributed by atoms with van der Waals surface area (Å²) in [6.07, 6.45) is -3.08. The highest BCUT2D eigenvalue weighted by atomic mass is 35.5. The summed E-state index contributed by atoms with van der Waals surface area (Å²) >= 11 is 5.64. The summed E-state index contributed by atoms with van der Waals surface area (Å²) in [5, 5.41) is 6.50. The molecule has 1 N–H and O–H groups in total. The highest BCUT2D eigenvalue weighted by Crippen LogP contribution is 2.34. The third-order valence-electron chi connectivity index (χ3n) is 1.83. The van der Waals surface area contributed by atoms with E-state index in [0.29, 0.717) is 10.9 Å². The van der Waals surface area contributed by atoms with Gasteiger partial charge in [0.25, 0.3) is 0 Å². The average Bonchev–Trinajstić information content (AvgIpc) is 2.50. The fraction of sp³-hybridized carbons (Fsp3) is 0.125. The molecule has 0 spiro atoms. The number of alkyl halides is 3. The fourth-order valence-electron chi connectivity index (χ4n) is 1.18. The van der Waals surface area contributed by atoms with Crippen molar-refractivity contribution in [1.29, 1.82) is 0 Å². The third-order valence-corrected chi connectivity index (χ3v) is 2.13. The molecule has 2 rings (SSSR count). The lowest BCUT2D eigenvalue weighted by molar-refractivity contribution is -0.137. The molecule has 1 aromatic heterocycles. The van der Waals surface area contributed by atoms with E-state index in [2.05, 4.69) is 10.2 Å². The molecule has 74 valence electrons. The van der Waals surface area contributed by atoms with Crippen molar-refractivity contribution in [3.05, 3.63) is 28.9 Å². The predicted octanol–water partition coefficient (Wildman–Crippen LogP) is 3.24. The van der Waals surface area contributed by atoms with Gasteiger partial charge in [-0.15, -0.1) is 0 Å². The number of hydrogen-bond acceptors (Lipinski definition) is 1. The number of aromatic amines is 1. The number of H-pyrrole nitrogens is 1. The van der Waals surface area contributed by atoms with Gasteiger partial charge in [-0.2, -0.15) is 18.3 Å². The number of aromatic nitrogens is 2. The molecule has 14 heavy (non-hydrogen) atoms. The van der Waals surface area contributed by atoms with Crippen LogP contribution in [0.25, 0.3) is 10.9 Å². The van der Waals surface area contributed by atoms with Crippen molar-refractivity contribution in [2.24, 2.45) is 0 Å². The number of nitrogens with one attached hydrogen (secondary N) is 1. The zero-order valence-corrected chi connectivity index (χ0v) is 7.45. The van der Waals surface area contributed by atoms with Gasteiger partial charge in [0.05, 0.1) is 22.3 Å². The average molecular weight is 221 g/mol. The van der Waals surface area contributed by atoms with Crippen LogP contribution < -0.4 is 0 Å². The second-order valence-electron chi connectivity index (χ2n) is 2.79. The minimum absolute atomic E-state index is 0.0207. The molecule has 6 heteroatoms. The van der Waals surface area contributed by atoms with Crippen molar-refractivity contribution >= 4 is 22.5 Å². The van der Waals surface area contributed by atoms with Gasteiger partial charge in [-0.3, -0.25) is 5.10 Å². The molecular formula is C8H4ClF3N2. The van der Waals surface area contributed by atoms with Crippen LogP contribution in [0.1, 0.15) is 5.56 Å². The molecule has 0 unspecified atom stereocenters. The van der Waals surface area contributed by atoms with Crippen molar-refractivity contribution in [3.63, 3.8) is 0 Å². The first-order valence-corrected chi connectivity index (χ1v) is 4.06. The molecule has 0 fully saturated rings. The van der Waals surface area contributed by atoms with Gasteiger partial charge < -0.3 is 0 Å². The van der Waals surface area contributed by atoms with Gasteiger partial charge in [0.2, 0.25) is 0 Å². The molecule has 0 radical (unpaired) electrons. The number of rotatable bonds is 0. The third kappa shape index (κ3) is 1.43. The van der Waals surface area contributed by atoms with Crippen LogP contribution in [0, 0.1) is 0 Å². The molecular weight excluding hydrogens is 217 g/mol. The Bertz CT molecular complexity index is 475. The summed E-state index contributed by atoms with van der Waals surface area (Å²) < 4.78 is 36.9. The highest BCUT2D eigenvalue weighted by molar-refractivity contribution is 6.35. The maximum Gasteiger partial charge on any atom is 0.416 e. The van der Waals surface area contributed by atoms with Gasteiger partial charge in [0, 0.05) is 5.39 Å². The summed E-state index contributed by atoms with van der Waals surface area (Å²) in [5.41, 5.74) is -0.351. The van der Waals surface area contributed by atoms with E-state index in [-0.39, 0.29) is 5.02 Å². The van der Waals surface area contributed by atoms with Crippen molar-refractivity contribution < 1.29 is 13.2 Å². The highest BCUT2D eigenvalue weighted by Gasteiger charge is 2.31. The van der Waals surface area contributed by atoms with E-state index in [1.165, 1.54) is 6.20 Å². The Labute approximate surface area is 81.7 Å². The second kappa shape index (κ2) is 2.88. The summed E-state index contributed by atoms with van der Waals surface area (Å²) in [6.45, 7) is 0. The van der Waals surface area contributed by atoms with Gasteiger partial charge in [-0.1, -0.05) is 11.6 Å². The summed E-state index contributed by atoms with van der Waals surface area (Å²) in [4.78, 5) is 0. The van der Waals surface area contributed by atoms with E-state index < -0.39 is 11.7 Å². The molecule has 2 nitrogen and oxygen atoms in total.